The molecule has 1 aromatic heterocycles. The van der Waals surface area contributed by atoms with E-state index in [9.17, 15) is 4.79 Å². The van der Waals surface area contributed by atoms with Crippen LogP contribution in [0.5, 0.6) is 0 Å². The van der Waals surface area contributed by atoms with Gasteiger partial charge in [-0.3, -0.25) is 0 Å². The highest BCUT2D eigenvalue weighted by Crippen LogP contribution is 2.21. The van der Waals surface area contributed by atoms with Crippen molar-refractivity contribution in [3.63, 3.8) is 0 Å². The Bertz CT molecular complexity index is 374. The second-order valence-electron chi connectivity index (χ2n) is 4.40. The van der Waals surface area contributed by atoms with Crippen LogP contribution in [-0.4, -0.2) is 47.1 Å². The van der Waals surface area contributed by atoms with Gasteiger partial charge in [0.25, 0.3) is 0 Å². The van der Waals surface area contributed by atoms with E-state index in [4.69, 9.17) is 5.11 Å². The summed E-state index contributed by atoms with van der Waals surface area (Å²) in [7, 11) is 3.99. The van der Waals surface area contributed by atoms with Crippen LogP contribution in [0.25, 0.3) is 0 Å². The molecule has 90 valence electrons. The molecule has 0 saturated carbocycles. The lowest BCUT2D eigenvalue weighted by atomic mass is 10.0. The molecule has 0 bridgehead atoms. The van der Waals surface area contributed by atoms with Crippen molar-refractivity contribution < 1.29 is 9.90 Å². The Morgan fingerprint density at radius 3 is 2.75 bits per heavy atom. The van der Waals surface area contributed by atoms with Gasteiger partial charge in [0.05, 0.1) is 5.51 Å². The van der Waals surface area contributed by atoms with Crippen LogP contribution < -0.4 is 5.32 Å². The lowest BCUT2D eigenvalue weighted by molar-refractivity contribution is 0.0692. The third-order valence-corrected chi connectivity index (χ3v) is 3.45. The number of hydrogen-bond acceptors (Lipinski definition) is 5. The van der Waals surface area contributed by atoms with Crippen molar-refractivity contribution in [2.45, 2.75) is 19.4 Å². The first-order valence-electron chi connectivity index (χ1n) is 4.92. The van der Waals surface area contributed by atoms with E-state index in [2.05, 4.69) is 29.0 Å². The fourth-order valence-corrected chi connectivity index (χ4v) is 1.65. The molecule has 0 aliphatic heterocycles. The lowest BCUT2D eigenvalue weighted by Crippen LogP contribution is -2.44. The van der Waals surface area contributed by atoms with Crippen molar-refractivity contribution in [1.29, 1.82) is 0 Å². The first kappa shape index (κ1) is 12.9. The molecule has 0 amide bonds. The normalized spacial score (nSPS) is 11.8. The van der Waals surface area contributed by atoms with Crippen LogP contribution in [0.2, 0.25) is 0 Å². The molecule has 1 rings (SSSR count). The second-order valence-corrected chi connectivity index (χ2v) is 5.25. The summed E-state index contributed by atoms with van der Waals surface area (Å²) in [6.07, 6.45) is 0. The van der Waals surface area contributed by atoms with Crippen molar-refractivity contribution in [2.75, 3.05) is 26.0 Å². The maximum absolute atomic E-state index is 10.8. The van der Waals surface area contributed by atoms with E-state index in [1.54, 1.807) is 0 Å². The van der Waals surface area contributed by atoms with E-state index in [0.717, 1.165) is 0 Å². The van der Waals surface area contributed by atoms with Crippen LogP contribution in [0, 0.1) is 0 Å². The molecule has 0 unspecified atom stereocenters. The van der Waals surface area contributed by atoms with E-state index < -0.39 is 5.97 Å². The maximum Gasteiger partial charge on any atom is 0.357 e. The van der Waals surface area contributed by atoms with Crippen LogP contribution >= 0.6 is 11.3 Å². The van der Waals surface area contributed by atoms with Crippen LogP contribution in [0.4, 0.5) is 5.00 Å². The van der Waals surface area contributed by atoms with Crippen LogP contribution in [0.1, 0.15) is 24.3 Å². The largest absolute Gasteiger partial charge is 0.476 e. The van der Waals surface area contributed by atoms with Gasteiger partial charge >= 0.3 is 5.97 Å². The van der Waals surface area contributed by atoms with E-state index in [-0.39, 0.29) is 11.2 Å². The number of carboxylic acids is 1. The summed E-state index contributed by atoms with van der Waals surface area (Å²) in [5.74, 6) is -0.994. The number of hydrogen-bond donors (Lipinski definition) is 2. The number of rotatable bonds is 5. The summed E-state index contributed by atoms with van der Waals surface area (Å²) in [5, 5.41) is 12.6. The highest BCUT2D eigenvalue weighted by atomic mass is 32.1. The predicted molar refractivity (Wildman–Crippen MR) is 65.3 cm³/mol. The number of likely N-dealkylation sites (N-methyl/N-ethyl adjacent to an activating group) is 1. The highest BCUT2D eigenvalue weighted by molar-refractivity contribution is 7.14. The molecule has 5 nitrogen and oxygen atoms in total. The molecule has 0 spiro atoms. The summed E-state index contributed by atoms with van der Waals surface area (Å²) in [5.41, 5.74) is 1.59. The Morgan fingerprint density at radius 1 is 1.62 bits per heavy atom. The summed E-state index contributed by atoms with van der Waals surface area (Å²) >= 11 is 1.31. The SMILES string of the molecule is CN(C)C(C)(C)CNc1scnc1C(=O)O. The van der Waals surface area contributed by atoms with Gasteiger partial charge in [-0.25, -0.2) is 9.78 Å². The molecule has 16 heavy (non-hydrogen) atoms. The zero-order valence-electron chi connectivity index (χ0n) is 9.94. The minimum Gasteiger partial charge on any atom is -0.476 e. The number of nitrogens with one attached hydrogen (secondary N) is 1. The van der Waals surface area contributed by atoms with Crippen LogP contribution in [0.3, 0.4) is 0 Å². The first-order chi connectivity index (χ1) is 7.34. The average Bonchev–Trinajstić information content (AvgIpc) is 2.62. The standard InChI is InChI=1S/C10H17N3O2S/c1-10(2,13(3)4)5-11-8-7(9(14)15)12-6-16-8/h6,11H,5H2,1-4H3,(H,14,15). The smallest absolute Gasteiger partial charge is 0.357 e. The fourth-order valence-electron chi connectivity index (χ4n) is 0.979. The number of nitrogens with zero attached hydrogens (tertiary/aromatic N) is 2. The first-order valence-corrected chi connectivity index (χ1v) is 5.80. The Labute approximate surface area is 99.1 Å². The van der Waals surface area contributed by atoms with Crippen molar-refractivity contribution >= 4 is 22.3 Å². The monoisotopic (exact) mass is 243 g/mol. The van der Waals surface area contributed by atoms with Gasteiger partial charge in [0.1, 0.15) is 5.00 Å². The number of anilines is 1. The summed E-state index contributed by atoms with van der Waals surface area (Å²) in [6, 6.07) is 0. The molecular formula is C10H17N3O2S. The topological polar surface area (TPSA) is 65.5 Å². The molecular weight excluding hydrogens is 226 g/mol. The third kappa shape index (κ3) is 2.93. The van der Waals surface area contributed by atoms with E-state index >= 15 is 0 Å². The molecule has 1 heterocycles. The molecule has 0 aliphatic rings. The third-order valence-electron chi connectivity index (χ3n) is 2.66. The van der Waals surface area contributed by atoms with Gasteiger partial charge in [-0.2, -0.15) is 0 Å². The van der Waals surface area contributed by atoms with Crippen molar-refractivity contribution in [1.82, 2.24) is 9.88 Å². The molecule has 2 N–H and O–H groups in total. The van der Waals surface area contributed by atoms with E-state index in [0.29, 0.717) is 11.5 Å². The van der Waals surface area contributed by atoms with Crippen molar-refractivity contribution in [2.24, 2.45) is 0 Å². The van der Waals surface area contributed by atoms with Gasteiger partial charge in [0, 0.05) is 12.1 Å². The average molecular weight is 243 g/mol. The Morgan fingerprint density at radius 2 is 2.25 bits per heavy atom. The predicted octanol–water partition coefficient (Wildman–Crippen LogP) is 1.59. The Kier molecular flexibility index (Phi) is 3.88. The summed E-state index contributed by atoms with van der Waals surface area (Å²) in [4.78, 5) is 16.7. The minimum atomic E-state index is -0.994. The maximum atomic E-state index is 10.8. The van der Waals surface area contributed by atoms with Gasteiger partial charge < -0.3 is 15.3 Å². The van der Waals surface area contributed by atoms with Crippen molar-refractivity contribution in [3.05, 3.63) is 11.2 Å². The molecule has 0 saturated heterocycles. The number of aromatic carboxylic acids is 1. The zero-order chi connectivity index (χ0) is 12.3. The number of aromatic nitrogens is 1. The van der Waals surface area contributed by atoms with Gasteiger partial charge in [-0.1, -0.05) is 0 Å². The molecule has 0 atom stereocenters. The molecule has 0 fully saturated rings. The second kappa shape index (κ2) is 4.80. The van der Waals surface area contributed by atoms with Gasteiger partial charge in [0.2, 0.25) is 0 Å². The number of carbonyl (C=O) groups is 1. The fraction of sp³-hybridized carbons (Fsp3) is 0.600. The highest BCUT2D eigenvalue weighted by Gasteiger charge is 2.22. The lowest BCUT2D eigenvalue weighted by Gasteiger charge is -2.32. The Hall–Kier alpha value is -1.14. The van der Waals surface area contributed by atoms with Crippen LogP contribution in [0.15, 0.2) is 5.51 Å². The van der Waals surface area contributed by atoms with Gasteiger partial charge in [-0.15, -0.1) is 11.3 Å². The zero-order valence-corrected chi connectivity index (χ0v) is 10.8. The van der Waals surface area contributed by atoms with Crippen molar-refractivity contribution in [3.8, 4) is 0 Å². The van der Waals surface area contributed by atoms with Crippen LogP contribution in [-0.2, 0) is 0 Å². The molecule has 0 radical (unpaired) electrons. The Balaban J connectivity index is 2.68. The summed E-state index contributed by atoms with van der Waals surface area (Å²) in [6.45, 7) is 4.84. The number of carboxylic acid groups (broad SMARTS) is 1. The molecule has 6 heteroatoms. The molecule has 0 aromatic carbocycles. The van der Waals surface area contributed by atoms with E-state index in [1.165, 1.54) is 16.8 Å². The molecule has 1 aromatic rings. The number of thiazole rings is 1. The quantitative estimate of drug-likeness (QED) is 0.822. The molecule has 0 aliphatic carbocycles. The van der Waals surface area contributed by atoms with Gasteiger partial charge in [-0.05, 0) is 27.9 Å². The minimum absolute atomic E-state index is 0.0419. The van der Waals surface area contributed by atoms with Gasteiger partial charge in [0.15, 0.2) is 5.69 Å². The summed E-state index contributed by atoms with van der Waals surface area (Å²) < 4.78 is 0. The van der Waals surface area contributed by atoms with E-state index in [1.807, 2.05) is 14.1 Å².